The van der Waals surface area contributed by atoms with Gasteiger partial charge in [0.2, 0.25) is 0 Å². The zero-order valence-corrected chi connectivity index (χ0v) is 11.3. The average molecular weight is 261 g/mol. The van der Waals surface area contributed by atoms with Crippen molar-refractivity contribution in [1.29, 1.82) is 0 Å². The highest BCUT2D eigenvalue weighted by molar-refractivity contribution is 5.93. The number of aromatic nitrogens is 2. The van der Waals surface area contributed by atoms with Crippen molar-refractivity contribution in [2.75, 3.05) is 12.8 Å². The quantitative estimate of drug-likeness (QED) is 0.824. The molecule has 0 amide bonds. The van der Waals surface area contributed by atoms with E-state index in [9.17, 15) is 4.79 Å². The first-order valence-corrected chi connectivity index (χ1v) is 6.59. The fourth-order valence-corrected chi connectivity index (χ4v) is 1.81. The second kappa shape index (κ2) is 5.82. The number of unbranched alkanes of at least 4 members (excludes halogenated alkanes) is 1. The molecule has 1 aliphatic rings. The van der Waals surface area contributed by atoms with E-state index in [0.29, 0.717) is 23.1 Å². The van der Waals surface area contributed by atoms with E-state index in [1.54, 1.807) is 0 Å². The molecule has 0 aromatic carbocycles. The van der Waals surface area contributed by atoms with Crippen molar-refractivity contribution in [3.05, 3.63) is 23.2 Å². The third-order valence-corrected chi connectivity index (χ3v) is 3.05. The first-order valence-electron chi connectivity index (χ1n) is 6.59. The molecule has 0 atom stereocenters. The minimum Gasteiger partial charge on any atom is -0.464 e. The number of carbonyl (C=O) groups is 1. The van der Waals surface area contributed by atoms with Crippen LogP contribution in [0.1, 0.15) is 60.4 Å². The molecule has 1 saturated carbocycles. The SMILES string of the molecule is CCCC=Cc1c(N)nc(C2CC2)nc1C(=O)OC. The van der Waals surface area contributed by atoms with Gasteiger partial charge in [-0.3, -0.25) is 0 Å². The van der Waals surface area contributed by atoms with Crippen molar-refractivity contribution in [3.8, 4) is 0 Å². The van der Waals surface area contributed by atoms with Crippen LogP contribution in [-0.4, -0.2) is 23.0 Å². The van der Waals surface area contributed by atoms with Gasteiger partial charge in [0, 0.05) is 11.5 Å². The Morgan fingerprint density at radius 2 is 2.21 bits per heavy atom. The summed E-state index contributed by atoms with van der Waals surface area (Å²) < 4.78 is 4.77. The van der Waals surface area contributed by atoms with Crippen molar-refractivity contribution in [1.82, 2.24) is 9.97 Å². The van der Waals surface area contributed by atoms with Crippen LogP contribution in [0.3, 0.4) is 0 Å². The second-order valence-electron chi connectivity index (χ2n) is 4.69. The number of rotatable bonds is 5. The van der Waals surface area contributed by atoms with Crippen LogP contribution in [0.2, 0.25) is 0 Å². The Kier molecular flexibility index (Phi) is 4.14. The molecule has 2 N–H and O–H groups in total. The van der Waals surface area contributed by atoms with E-state index in [1.165, 1.54) is 7.11 Å². The summed E-state index contributed by atoms with van der Waals surface area (Å²) in [6.45, 7) is 2.08. The van der Waals surface area contributed by atoms with Gasteiger partial charge in [0.1, 0.15) is 11.6 Å². The maximum atomic E-state index is 11.8. The van der Waals surface area contributed by atoms with Crippen molar-refractivity contribution >= 4 is 17.9 Å². The summed E-state index contributed by atoms with van der Waals surface area (Å²) in [6.07, 6.45) is 7.85. The van der Waals surface area contributed by atoms with Gasteiger partial charge in [0.05, 0.1) is 7.11 Å². The summed E-state index contributed by atoms with van der Waals surface area (Å²) >= 11 is 0. The van der Waals surface area contributed by atoms with E-state index in [2.05, 4.69) is 16.9 Å². The van der Waals surface area contributed by atoms with Gasteiger partial charge in [0.15, 0.2) is 5.69 Å². The van der Waals surface area contributed by atoms with E-state index >= 15 is 0 Å². The lowest BCUT2D eigenvalue weighted by atomic mass is 10.1. The first-order chi connectivity index (χ1) is 9.17. The van der Waals surface area contributed by atoms with Gasteiger partial charge in [-0.2, -0.15) is 0 Å². The van der Waals surface area contributed by atoms with Gasteiger partial charge in [-0.25, -0.2) is 14.8 Å². The Hall–Kier alpha value is -1.91. The molecule has 0 unspecified atom stereocenters. The highest BCUT2D eigenvalue weighted by atomic mass is 16.5. The number of allylic oxidation sites excluding steroid dienone is 1. The Morgan fingerprint density at radius 3 is 2.79 bits per heavy atom. The summed E-state index contributed by atoms with van der Waals surface area (Å²) in [7, 11) is 1.34. The predicted molar refractivity (Wildman–Crippen MR) is 73.7 cm³/mol. The lowest BCUT2D eigenvalue weighted by Crippen LogP contribution is -2.13. The van der Waals surface area contributed by atoms with Gasteiger partial charge >= 0.3 is 5.97 Å². The summed E-state index contributed by atoms with van der Waals surface area (Å²) in [5, 5.41) is 0. The topological polar surface area (TPSA) is 78.1 Å². The molecule has 0 aliphatic heterocycles. The monoisotopic (exact) mass is 261 g/mol. The Morgan fingerprint density at radius 1 is 1.47 bits per heavy atom. The molecular formula is C14H19N3O2. The minimum absolute atomic E-state index is 0.268. The van der Waals surface area contributed by atoms with Crippen LogP contribution < -0.4 is 5.73 Å². The van der Waals surface area contributed by atoms with Crippen molar-refractivity contribution in [2.45, 2.75) is 38.5 Å². The average Bonchev–Trinajstić information content (AvgIpc) is 3.23. The van der Waals surface area contributed by atoms with Crippen LogP contribution in [-0.2, 0) is 4.74 Å². The van der Waals surface area contributed by atoms with Gasteiger partial charge in [-0.1, -0.05) is 25.5 Å². The van der Waals surface area contributed by atoms with Gasteiger partial charge < -0.3 is 10.5 Å². The normalized spacial score (nSPS) is 14.8. The Labute approximate surface area is 112 Å². The molecule has 1 aliphatic carbocycles. The van der Waals surface area contributed by atoms with Crippen LogP contribution in [0.5, 0.6) is 0 Å². The molecule has 0 radical (unpaired) electrons. The number of carbonyl (C=O) groups excluding carboxylic acids is 1. The number of esters is 1. The molecule has 1 aromatic heterocycles. The molecule has 1 fully saturated rings. The van der Waals surface area contributed by atoms with Crippen molar-refractivity contribution < 1.29 is 9.53 Å². The third kappa shape index (κ3) is 3.10. The fourth-order valence-electron chi connectivity index (χ4n) is 1.81. The zero-order valence-electron chi connectivity index (χ0n) is 11.3. The molecule has 19 heavy (non-hydrogen) atoms. The molecule has 102 valence electrons. The summed E-state index contributed by atoms with van der Waals surface area (Å²) in [5.74, 6) is 0.890. The molecule has 2 rings (SSSR count). The third-order valence-electron chi connectivity index (χ3n) is 3.05. The molecule has 0 bridgehead atoms. The number of ether oxygens (including phenoxy) is 1. The molecule has 1 heterocycles. The predicted octanol–water partition coefficient (Wildman–Crippen LogP) is 2.54. The van der Waals surface area contributed by atoms with Gasteiger partial charge in [-0.05, 0) is 19.3 Å². The molecule has 5 nitrogen and oxygen atoms in total. The van der Waals surface area contributed by atoms with E-state index in [0.717, 1.165) is 25.7 Å². The Balaban J connectivity index is 2.40. The fraction of sp³-hybridized carbons (Fsp3) is 0.500. The van der Waals surface area contributed by atoms with E-state index in [-0.39, 0.29) is 5.69 Å². The summed E-state index contributed by atoms with van der Waals surface area (Å²) in [6, 6.07) is 0. The van der Waals surface area contributed by atoms with Crippen LogP contribution in [0, 0.1) is 0 Å². The number of anilines is 1. The van der Waals surface area contributed by atoms with Crippen LogP contribution in [0.4, 0.5) is 5.82 Å². The second-order valence-corrected chi connectivity index (χ2v) is 4.69. The molecule has 0 spiro atoms. The van der Waals surface area contributed by atoms with Crippen LogP contribution in [0.25, 0.3) is 6.08 Å². The van der Waals surface area contributed by atoms with Gasteiger partial charge in [-0.15, -0.1) is 0 Å². The number of hydrogen-bond donors (Lipinski definition) is 1. The maximum absolute atomic E-state index is 11.8. The lowest BCUT2D eigenvalue weighted by molar-refractivity contribution is 0.0593. The number of nitrogen functional groups attached to an aromatic ring is 1. The smallest absolute Gasteiger partial charge is 0.357 e. The molecular weight excluding hydrogens is 242 g/mol. The van der Waals surface area contributed by atoms with Crippen molar-refractivity contribution in [2.24, 2.45) is 0 Å². The minimum atomic E-state index is -0.466. The lowest BCUT2D eigenvalue weighted by Gasteiger charge is -2.08. The molecule has 1 aromatic rings. The van der Waals surface area contributed by atoms with Crippen LogP contribution in [0.15, 0.2) is 6.08 Å². The standard InChI is InChI=1S/C14H19N3O2/c1-3-4-5-6-10-11(14(18)19-2)16-13(9-7-8-9)17-12(10)15/h5-6,9H,3-4,7-8H2,1-2H3,(H2,15,16,17). The van der Waals surface area contributed by atoms with Crippen molar-refractivity contribution in [3.63, 3.8) is 0 Å². The summed E-state index contributed by atoms with van der Waals surface area (Å²) in [5.41, 5.74) is 6.78. The van der Waals surface area contributed by atoms with Gasteiger partial charge in [0.25, 0.3) is 0 Å². The molecule has 0 saturated heterocycles. The highest BCUT2D eigenvalue weighted by Crippen LogP contribution is 2.38. The first kappa shape index (κ1) is 13.5. The number of nitrogens with two attached hydrogens (primary N) is 1. The highest BCUT2D eigenvalue weighted by Gasteiger charge is 2.29. The largest absolute Gasteiger partial charge is 0.464 e. The van der Waals surface area contributed by atoms with E-state index in [1.807, 2.05) is 12.2 Å². The number of hydrogen-bond acceptors (Lipinski definition) is 5. The number of nitrogens with zero attached hydrogens (tertiary/aromatic N) is 2. The maximum Gasteiger partial charge on any atom is 0.357 e. The summed E-state index contributed by atoms with van der Waals surface area (Å²) in [4.78, 5) is 20.4. The van der Waals surface area contributed by atoms with Crippen LogP contribution >= 0.6 is 0 Å². The zero-order chi connectivity index (χ0) is 13.8. The molecule has 5 heteroatoms. The van der Waals surface area contributed by atoms with E-state index < -0.39 is 5.97 Å². The number of methoxy groups -OCH3 is 1. The van der Waals surface area contributed by atoms with E-state index in [4.69, 9.17) is 10.5 Å². The Bertz CT molecular complexity index is 508.